The van der Waals surface area contributed by atoms with E-state index in [1.807, 2.05) is 13.2 Å². The van der Waals surface area contributed by atoms with E-state index in [9.17, 15) is 32.8 Å². The molecule has 1 unspecified atom stereocenters. The first-order valence-electron chi connectivity index (χ1n) is 22.9. The standard InChI is InChI=1S/C23H22FN5O2.C15H12BrFN2O2.C12H18N2O4.CH4/c1-29-16-8-23(10-25-11-23)28-22(30)18(16)14-5-3-13-9-26-21(27-19(13)20(14)29)12-4-6-17(31-2)15(24)7-12;1-21-12-5-3-8(6-11(12)17)15-18-7-9-2-4-10(16)14(20)13(9)19-15;1-11(2,3)18-10(17)14-6-12(7-14)5-8(15)4-9(16)13-12;/h4,6-7,9,25H,3,5,8,10-11H2,1-2H3,(H,28,30);3,5-7,10H,2,4H2,1H3;4-7H2,1-3H3,(H,13,16);1H4. The molecule has 3 N–H and O–H groups in total. The Bertz CT molecular complexity index is 2960. The molecule has 0 radical (unpaired) electrons. The van der Waals surface area contributed by atoms with Gasteiger partial charge in [-0.15, -0.1) is 0 Å². The highest BCUT2D eigenvalue weighted by Gasteiger charge is 2.51. The summed E-state index contributed by atoms with van der Waals surface area (Å²) in [4.78, 5) is 78.8. The van der Waals surface area contributed by atoms with Gasteiger partial charge in [-0.05, 0) is 99.5 Å². The SMILES string of the molecule is C.CC(C)(C)OC(=O)N1CC2(CC(=O)CC(=O)N2)C1.COc1ccc(-c2ncc3c(n2)-c2c(c4c(n2C)CC2(CNC2)NC4=O)CC3)cc1F.COc1ccc(-c2ncc3c(n2)C(=O)C(Br)CC3)cc1F. The summed E-state index contributed by atoms with van der Waals surface area (Å²) in [5, 5.41) is 9.30. The number of carbonyl (C=O) groups excluding carboxylic acids is 5. The normalized spacial score (nSPS) is 18.7. The molecule has 4 aliphatic heterocycles. The number of methoxy groups -OCH3 is 2. The van der Waals surface area contributed by atoms with E-state index in [1.54, 1.807) is 45.2 Å². The molecular formula is C51H56BrF2N9O8. The average Bonchev–Trinajstić information content (AvgIpc) is 3.59. The van der Waals surface area contributed by atoms with Gasteiger partial charge in [-0.25, -0.2) is 33.5 Å². The summed E-state index contributed by atoms with van der Waals surface area (Å²) >= 11 is 3.35. The molecule has 2 spiro atoms. The first-order chi connectivity index (χ1) is 33.3. The van der Waals surface area contributed by atoms with Gasteiger partial charge in [0.15, 0.2) is 40.6 Å². The van der Waals surface area contributed by atoms with E-state index in [1.165, 1.54) is 37.3 Å². The van der Waals surface area contributed by atoms with Crippen molar-refractivity contribution in [3.8, 4) is 45.7 Å². The molecule has 0 saturated carbocycles. The van der Waals surface area contributed by atoms with Crippen molar-refractivity contribution in [1.82, 2.24) is 45.4 Å². The van der Waals surface area contributed by atoms with Gasteiger partial charge < -0.3 is 39.6 Å². The van der Waals surface area contributed by atoms with E-state index in [4.69, 9.17) is 19.2 Å². The molecule has 17 nitrogen and oxygen atoms in total. The molecule has 11 rings (SSSR count). The van der Waals surface area contributed by atoms with Crippen LogP contribution in [0.2, 0.25) is 0 Å². The Kier molecular flexibility index (Phi) is 13.9. The van der Waals surface area contributed by atoms with E-state index < -0.39 is 28.9 Å². The van der Waals surface area contributed by atoms with Crippen molar-refractivity contribution in [2.24, 2.45) is 7.05 Å². The molecule has 1 atom stereocenters. The molecule has 3 amide bonds. The third-order valence-electron chi connectivity index (χ3n) is 13.2. The summed E-state index contributed by atoms with van der Waals surface area (Å²) in [5.41, 5.74) is 6.86. The minimum absolute atomic E-state index is 0. The predicted octanol–water partition coefficient (Wildman–Crippen LogP) is 6.30. The quantitative estimate of drug-likeness (QED) is 0.134. The monoisotopic (exact) mass is 1040 g/mol. The minimum atomic E-state index is -0.552. The maximum atomic E-state index is 14.3. The Morgan fingerprint density at radius 1 is 0.817 bits per heavy atom. The maximum Gasteiger partial charge on any atom is 0.410 e. The molecule has 3 saturated heterocycles. The first-order valence-corrected chi connectivity index (χ1v) is 23.8. The van der Waals surface area contributed by atoms with Gasteiger partial charge in [0.25, 0.3) is 5.91 Å². The fourth-order valence-corrected chi connectivity index (χ4v) is 10.2. The number of rotatable bonds is 4. The third kappa shape index (κ3) is 10.0. The highest BCUT2D eigenvalue weighted by atomic mass is 79.9. The molecule has 2 aromatic carbocycles. The van der Waals surface area contributed by atoms with Crippen LogP contribution in [0.15, 0.2) is 48.8 Å². The van der Waals surface area contributed by atoms with Crippen LogP contribution >= 0.6 is 15.9 Å². The molecule has 7 heterocycles. The summed E-state index contributed by atoms with van der Waals surface area (Å²) in [7, 11) is 4.86. The lowest BCUT2D eigenvalue weighted by molar-refractivity contribution is -0.138. The number of hydrogen-bond donors (Lipinski definition) is 3. The van der Waals surface area contributed by atoms with Crippen LogP contribution in [0.4, 0.5) is 13.6 Å². The highest BCUT2D eigenvalue weighted by molar-refractivity contribution is 9.10. The number of likely N-dealkylation sites (tertiary alicyclic amines) is 1. The number of hydrogen-bond acceptors (Lipinski definition) is 13. The van der Waals surface area contributed by atoms with Gasteiger partial charge in [0.1, 0.15) is 17.1 Å². The smallest absolute Gasteiger partial charge is 0.410 e. The van der Waals surface area contributed by atoms with Crippen LogP contribution in [0.25, 0.3) is 34.2 Å². The number of ether oxygens (including phenoxy) is 3. The number of alkyl halides is 1. The molecule has 3 aromatic heterocycles. The lowest BCUT2D eigenvalue weighted by atomic mass is 9.81. The van der Waals surface area contributed by atoms with Crippen LogP contribution in [0.1, 0.15) is 90.7 Å². The van der Waals surface area contributed by atoms with Gasteiger partial charge in [-0.3, -0.25) is 19.2 Å². The fraction of sp³-hybridized carbons (Fsp3) is 0.431. The number of ketones is 2. The van der Waals surface area contributed by atoms with Gasteiger partial charge >= 0.3 is 6.09 Å². The topological polar surface area (TPSA) is 209 Å². The zero-order valence-corrected chi connectivity index (χ0v) is 41.1. The second-order valence-corrected chi connectivity index (χ2v) is 20.6. The van der Waals surface area contributed by atoms with E-state index in [-0.39, 0.29) is 59.1 Å². The summed E-state index contributed by atoms with van der Waals surface area (Å²) in [5.74, 6) is -0.158. The maximum absolute atomic E-state index is 14.3. The second kappa shape index (κ2) is 19.5. The van der Waals surface area contributed by atoms with Crippen molar-refractivity contribution in [2.45, 2.75) is 94.6 Å². The lowest BCUT2D eigenvalue weighted by Crippen LogP contribution is -2.73. The number of benzene rings is 2. The number of amides is 3. The molecule has 5 aromatic rings. The molecular weight excluding hydrogens is 985 g/mol. The van der Waals surface area contributed by atoms with Crippen molar-refractivity contribution in [3.05, 3.63) is 94.1 Å². The Hall–Kier alpha value is -6.67. The van der Waals surface area contributed by atoms with Gasteiger partial charge in [0.2, 0.25) is 5.91 Å². The van der Waals surface area contributed by atoms with Crippen LogP contribution in [0.3, 0.4) is 0 Å². The number of Topliss-reactive ketones (excluding diaryl/α,β-unsaturated/α-hetero) is 2. The largest absolute Gasteiger partial charge is 0.494 e. The minimum Gasteiger partial charge on any atom is -0.494 e. The zero-order chi connectivity index (χ0) is 49.9. The van der Waals surface area contributed by atoms with Gasteiger partial charge in [0, 0.05) is 75.3 Å². The highest BCUT2D eigenvalue weighted by Crippen LogP contribution is 2.41. The van der Waals surface area contributed by atoms with Crippen LogP contribution in [0, 0.1) is 11.6 Å². The van der Waals surface area contributed by atoms with Gasteiger partial charge in [-0.2, -0.15) is 0 Å². The van der Waals surface area contributed by atoms with Crippen molar-refractivity contribution in [1.29, 1.82) is 0 Å². The first kappa shape index (κ1) is 50.7. The van der Waals surface area contributed by atoms with E-state index in [2.05, 4.69) is 51.4 Å². The number of aryl methyl sites for hydroxylation is 2. The van der Waals surface area contributed by atoms with Crippen molar-refractivity contribution in [2.75, 3.05) is 40.4 Å². The fourth-order valence-electron chi connectivity index (χ4n) is 9.77. The zero-order valence-electron chi connectivity index (χ0n) is 39.6. The number of carbonyl (C=O) groups is 5. The number of nitrogens with zero attached hydrogens (tertiary/aromatic N) is 6. The molecule has 6 aliphatic rings. The van der Waals surface area contributed by atoms with Crippen LogP contribution in [-0.2, 0) is 47.1 Å². The number of halogens is 3. The van der Waals surface area contributed by atoms with E-state index >= 15 is 0 Å². The molecule has 3 fully saturated rings. The van der Waals surface area contributed by atoms with E-state index in [0.29, 0.717) is 48.0 Å². The second-order valence-electron chi connectivity index (χ2n) is 19.5. The summed E-state index contributed by atoms with van der Waals surface area (Å²) in [6.07, 6.45) is 7.19. The van der Waals surface area contributed by atoms with Crippen LogP contribution in [0.5, 0.6) is 11.5 Å². The predicted molar refractivity (Wildman–Crippen MR) is 262 cm³/mol. The molecule has 71 heavy (non-hydrogen) atoms. The molecule has 2 aliphatic carbocycles. The van der Waals surface area contributed by atoms with Crippen molar-refractivity contribution < 1.29 is 47.0 Å². The third-order valence-corrected chi connectivity index (χ3v) is 14.1. The molecule has 374 valence electrons. The van der Waals surface area contributed by atoms with Crippen molar-refractivity contribution in [3.63, 3.8) is 0 Å². The summed E-state index contributed by atoms with van der Waals surface area (Å²) < 4.78 is 45.3. The summed E-state index contributed by atoms with van der Waals surface area (Å²) in [6.45, 7) is 7.67. The number of nitrogens with one attached hydrogen (secondary N) is 3. The number of fused-ring (bicyclic) bond motifs is 6. The Morgan fingerprint density at radius 2 is 1.41 bits per heavy atom. The summed E-state index contributed by atoms with van der Waals surface area (Å²) in [6, 6.07) is 9.21. The van der Waals surface area contributed by atoms with Crippen LogP contribution in [-0.4, -0.2) is 121 Å². The van der Waals surface area contributed by atoms with Crippen LogP contribution < -0.4 is 25.4 Å². The number of piperidine rings is 1. The Morgan fingerprint density at radius 3 is 1.94 bits per heavy atom. The number of aromatic nitrogens is 5. The molecule has 20 heteroatoms. The average molecular weight is 1040 g/mol. The van der Waals surface area contributed by atoms with E-state index in [0.717, 1.165) is 84.5 Å². The Labute approximate surface area is 418 Å². The Balaban J connectivity index is 0.000000149. The van der Waals surface area contributed by atoms with Gasteiger partial charge in [-0.1, -0.05) is 23.4 Å². The van der Waals surface area contributed by atoms with Crippen molar-refractivity contribution >= 4 is 45.4 Å². The van der Waals surface area contributed by atoms with Gasteiger partial charge in [0.05, 0.1) is 53.5 Å². The molecule has 0 bridgehead atoms. The lowest BCUT2D eigenvalue weighted by Gasteiger charge is -2.51.